The van der Waals surface area contributed by atoms with E-state index in [1.165, 1.54) is 31.2 Å². The van der Waals surface area contributed by atoms with Gasteiger partial charge in [-0.2, -0.15) is 8.78 Å². The summed E-state index contributed by atoms with van der Waals surface area (Å²) in [6.45, 7) is -1.62. The number of ether oxygens (including phenoxy) is 1. The van der Waals surface area contributed by atoms with E-state index in [0.29, 0.717) is 0 Å². The molecule has 0 spiro atoms. The highest BCUT2D eigenvalue weighted by atomic mass is 19.3. The van der Waals surface area contributed by atoms with Crippen molar-refractivity contribution < 1.29 is 28.2 Å². The molecule has 0 aromatic heterocycles. The standard InChI is InChI=1S/C11H11F2NO4/c1-6(10(16)17)14-9(15)7-2-4-8(5-3-7)18-11(12)13/h2-6,11H,1H3,(H,14,15)(H,16,17)/t6-/m0/s1. The van der Waals surface area contributed by atoms with Crippen molar-refractivity contribution >= 4 is 11.9 Å². The first-order chi connectivity index (χ1) is 8.40. The molecule has 18 heavy (non-hydrogen) atoms. The number of hydrogen-bond donors (Lipinski definition) is 2. The normalized spacial score (nSPS) is 12.0. The largest absolute Gasteiger partial charge is 0.480 e. The van der Waals surface area contributed by atoms with Crippen molar-refractivity contribution in [2.75, 3.05) is 0 Å². The van der Waals surface area contributed by atoms with E-state index < -0.39 is 24.5 Å². The lowest BCUT2D eigenvalue weighted by atomic mass is 10.2. The molecule has 0 bridgehead atoms. The summed E-state index contributed by atoms with van der Waals surface area (Å²) in [5, 5.41) is 10.8. The molecule has 98 valence electrons. The van der Waals surface area contributed by atoms with E-state index in [-0.39, 0.29) is 11.3 Å². The lowest BCUT2D eigenvalue weighted by Gasteiger charge is -2.09. The minimum atomic E-state index is -2.93. The van der Waals surface area contributed by atoms with E-state index in [2.05, 4.69) is 10.1 Å². The van der Waals surface area contributed by atoms with E-state index in [0.717, 1.165) is 0 Å². The first-order valence-corrected chi connectivity index (χ1v) is 4.98. The molecule has 0 saturated carbocycles. The molecule has 1 rings (SSSR count). The Balaban J connectivity index is 2.67. The van der Waals surface area contributed by atoms with Crippen LogP contribution in [0, 0.1) is 0 Å². The maximum absolute atomic E-state index is 11.9. The summed E-state index contributed by atoms with van der Waals surface area (Å²) >= 11 is 0. The van der Waals surface area contributed by atoms with Crippen molar-refractivity contribution in [3.8, 4) is 5.75 Å². The van der Waals surface area contributed by atoms with Gasteiger partial charge in [0.1, 0.15) is 11.8 Å². The first-order valence-electron chi connectivity index (χ1n) is 4.98. The van der Waals surface area contributed by atoms with Crippen LogP contribution in [-0.2, 0) is 4.79 Å². The molecule has 0 fully saturated rings. The Morgan fingerprint density at radius 1 is 1.28 bits per heavy atom. The van der Waals surface area contributed by atoms with Crippen molar-refractivity contribution in [3.63, 3.8) is 0 Å². The van der Waals surface area contributed by atoms with Gasteiger partial charge in [-0.15, -0.1) is 0 Å². The summed E-state index contributed by atoms with van der Waals surface area (Å²) < 4.78 is 27.9. The zero-order valence-corrected chi connectivity index (χ0v) is 9.39. The van der Waals surface area contributed by atoms with E-state index in [1.807, 2.05) is 0 Å². The zero-order valence-electron chi connectivity index (χ0n) is 9.39. The lowest BCUT2D eigenvalue weighted by Crippen LogP contribution is -2.38. The Morgan fingerprint density at radius 3 is 2.28 bits per heavy atom. The van der Waals surface area contributed by atoms with Crippen molar-refractivity contribution in [3.05, 3.63) is 29.8 Å². The summed E-state index contributed by atoms with van der Waals surface area (Å²) in [7, 11) is 0. The highest BCUT2D eigenvalue weighted by molar-refractivity contribution is 5.96. The third-order valence-electron chi connectivity index (χ3n) is 2.06. The van der Waals surface area contributed by atoms with Gasteiger partial charge in [0.15, 0.2) is 0 Å². The molecule has 1 aromatic rings. The average Bonchev–Trinajstić information content (AvgIpc) is 2.28. The van der Waals surface area contributed by atoms with Gasteiger partial charge in [-0.25, -0.2) is 0 Å². The van der Waals surface area contributed by atoms with Crippen molar-refractivity contribution in [2.24, 2.45) is 0 Å². The topological polar surface area (TPSA) is 75.6 Å². The Labute approximate surface area is 101 Å². The quantitative estimate of drug-likeness (QED) is 0.840. The van der Waals surface area contributed by atoms with Gasteiger partial charge in [0, 0.05) is 5.56 Å². The number of nitrogens with one attached hydrogen (secondary N) is 1. The minimum absolute atomic E-state index is 0.0761. The van der Waals surface area contributed by atoms with Crippen LogP contribution in [-0.4, -0.2) is 29.6 Å². The number of rotatable bonds is 5. The molecule has 0 aliphatic rings. The summed E-state index contributed by atoms with van der Waals surface area (Å²) in [6.07, 6.45) is 0. The van der Waals surface area contributed by atoms with Gasteiger partial charge in [0.25, 0.3) is 5.91 Å². The monoisotopic (exact) mass is 259 g/mol. The number of benzene rings is 1. The number of carboxylic acid groups (broad SMARTS) is 1. The third-order valence-corrected chi connectivity index (χ3v) is 2.06. The molecule has 2 N–H and O–H groups in total. The number of carbonyl (C=O) groups is 2. The highest BCUT2D eigenvalue weighted by Crippen LogP contribution is 2.14. The summed E-state index contributed by atoms with van der Waals surface area (Å²) in [4.78, 5) is 22.1. The third kappa shape index (κ3) is 4.00. The van der Waals surface area contributed by atoms with Crippen LogP contribution in [0.1, 0.15) is 17.3 Å². The second-order valence-electron chi connectivity index (χ2n) is 3.44. The molecule has 7 heteroatoms. The highest BCUT2D eigenvalue weighted by Gasteiger charge is 2.15. The summed E-state index contributed by atoms with van der Waals surface area (Å²) in [5.74, 6) is -1.85. The Bertz CT molecular complexity index is 433. The van der Waals surface area contributed by atoms with Gasteiger partial charge >= 0.3 is 12.6 Å². The Morgan fingerprint density at radius 2 is 1.83 bits per heavy atom. The number of aliphatic carboxylic acids is 1. The molecule has 1 atom stereocenters. The van der Waals surface area contributed by atoms with Crippen LogP contribution < -0.4 is 10.1 Å². The van der Waals surface area contributed by atoms with Gasteiger partial charge in [0.05, 0.1) is 0 Å². The second-order valence-corrected chi connectivity index (χ2v) is 3.44. The van der Waals surface area contributed by atoms with E-state index in [4.69, 9.17) is 5.11 Å². The molecule has 1 aromatic carbocycles. The fourth-order valence-corrected chi connectivity index (χ4v) is 1.13. The average molecular weight is 259 g/mol. The fraction of sp³-hybridized carbons (Fsp3) is 0.273. The van der Waals surface area contributed by atoms with Crippen LogP contribution in [0.2, 0.25) is 0 Å². The molecule has 5 nitrogen and oxygen atoms in total. The number of hydrogen-bond acceptors (Lipinski definition) is 3. The predicted molar refractivity (Wildman–Crippen MR) is 57.6 cm³/mol. The van der Waals surface area contributed by atoms with Crippen molar-refractivity contribution in [2.45, 2.75) is 19.6 Å². The summed E-state index contributed by atoms with van der Waals surface area (Å²) in [6, 6.07) is 3.90. The van der Waals surface area contributed by atoms with Crippen LogP contribution in [0.5, 0.6) is 5.75 Å². The van der Waals surface area contributed by atoms with Crippen LogP contribution in [0.25, 0.3) is 0 Å². The molecule has 0 aliphatic carbocycles. The van der Waals surface area contributed by atoms with E-state index >= 15 is 0 Å². The van der Waals surface area contributed by atoms with Gasteiger partial charge in [-0.1, -0.05) is 0 Å². The SMILES string of the molecule is C[C@H](NC(=O)c1ccc(OC(F)F)cc1)C(=O)O. The fourth-order valence-electron chi connectivity index (χ4n) is 1.13. The Kier molecular flexibility index (Phi) is 4.59. The molecule has 0 heterocycles. The molecular weight excluding hydrogens is 248 g/mol. The molecule has 0 radical (unpaired) electrons. The molecular formula is C11H11F2NO4. The van der Waals surface area contributed by atoms with E-state index in [1.54, 1.807) is 0 Å². The lowest BCUT2D eigenvalue weighted by molar-refractivity contribution is -0.138. The Hall–Kier alpha value is -2.18. The predicted octanol–water partition coefficient (Wildman–Crippen LogP) is 1.49. The van der Waals surface area contributed by atoms with Gasteiger partial charge in [-0.05, 0) is 31.2 Å². The first kappa shape index (κ1) is 13.9. The minimum Gasteiger partial charge on any atom is -0.480 e. The van der Waals surface area contributed by atoms with Crippen LogP contribution in [0.15, 0.2) is 24.3 Å². The second kappa shape index (κ2) is 5.95. The van der Waals surface area contributed by atoms with Crippen molar-refractivity contribution in [1.29, 1.82) is 0 Å². The van der Waals surface area contributed by atoms with Crippen molar-refractivity contribution in [1.82, 2.24) is 5.32 Å². The van der Waals surface area contributed by atoms with Gasteiger partial charge < -0.3 is 15.2 Å². The number of halogens is 2. The number of alkyl halides is 2. The maximum Gasteiger partial charge on any atom is 0.387 e. The smallest absolute Gasteiger partial charge is 0.387 e. The van der Waals surface area contributed by atoms with Gasteiger partial charge in [-0.3, -0.25) is 9.59 Å². The number of carbonyl (C=O) groups excluding carboxylic acids is 1. The van der Waals surface area contributed by atoms with Crippen LogP contribution in [0.4, 0.5) is 8.78 Å². The molecule has 0 aliphatic heterocycles. The molecule has 0 unspecified atom stereocenters. The van der Waals surface area contributed by atoms with E-state index in [9.17, 15) is 18.4 Å². The zero-order chi connectivity index (χ0) is 13.7. The number of amides is 1. The molecule has 1 amide bonds. The van der Waals surface area contributed by atoms with Crippen LogP contribution in [0.3, 0.4) is 0 Å². The summed E-state index contributed by atoms with van der Waals surface area (Å²) in [5.41, 5.74) is 0.157. The van der Waals surface area contributed by atoms with Crippen LogP contribution >= 0.6 is 0 Å². The maximum atomic E-state index is 11.9. The molecule has 0 saturated heterocycles. The van der Waals surface area contributed by atoms with Gasteiger partial charge in [0.2, 0.25) is 0 Å². The number of carboxylic acids is 1.